The average Bonchev–Trinajstić information content (AvgIpc) is 2.75. The van der Waals surface area contributed by atoms with Crippen LogP contribution >= 0.6 is 15.9 Å². The van der Waals surface area contributed by atoms with Gasteiger partial charge in [0.15, 0.2) is 0 Å². The van der Waals surface area contributed by atoms with Crippen molar-refractivity contribution in [2.45, 2.75) is 24.7 Å². The lowest BCUT2D eigenvalue weighted by atomic mass is 9.98. The van der Waals surface area contributed by atoms with E-state index in [-0.39, 0.29) is 17.3 Å². The standard InChI is InChI=1S/C21H23BrN2O5S/c1-14-18(21(26)29-2)6-3-7-19(14)23-20(25)15-5-4-12-24(13-15)30(27,28)17-10-8-16(22)9-11-17/h3,6-11,15H,4-5,12-13H2,1-2H3,(H,23,25). The van der Waals surface area contributed by atoms with Gasteiger partial charge in [0.05, 0.1) is 23.5 Å². The number of nitrogens with one attached hydrogen (secondary N) is 1. The van der Waals surface area contributed by atoms with Gasteiger partial charge in [0.1, 0.15) is 0 Å². The third kappa shape index (κ3) is 4.74. The van der Waals surface area contributed by atoms with Crippen LogP contribution in [-0.4, -0.2) is 44.8 Å². The summed E-state index contributed by atoms with van der Waals surface area (Å²) in [5.74, 6) is -1.23. The van der Waals surface area contributed by atoms with Crippen LogP contribution in [0.5, 0.6) is 0 Å². The third-order valence-corrected chi connectivity index (χ3v) is 7.61. The van der Waals surface area contributed by atoms with Gasteiger partial charge in [0.25, 0.3) is 0 Å². The Morgan fingerprint density at radius 3 is 2.53 bits per heavy atom. The van der Waals surface area contributed by atoms with E-state index in [1.165, 1.54) is 11.4 Å². The zero-order valence-corrected chi connectivity index (χ0v) is 19.1. The molecule has 1 heterocycles. The molecule has 0 bridgehead atoms. The number of anilines is 1. The van der Waals surface area contributed by atoms with E-state index in [2.05, 4.69) is 21.2 Å². The highest BCUT2D eigenvalue weighted by Crippen LogP contribution is 2.27. The minimum absolute atomic E-state index is 0.111. The summed E-state index contributed by atoms with van der Waals surface area (Å²) in [5.41, 5.74) is 1.49. The number of carbonyl (C=O) groups is 2. The SMILES string of the molecule is COC(=O)c1cccc(NC(=O)C2CCCN(S(=O)(=O)c3ccc(Br)cc3)C2)c1C. The first-order chi connectivity index (χ1) is 14.2. The molecule has 160 valence electrons. The molecule has 30 heavy (non-hydrogen) atoms. The molecule has 1 aliphatic rings. The predicted molar refractivity (Wildman–Crippen MR) is 117 cm³/mol. The van der Waals surface area contributed by atoms with Crippen LogP contribution in [0.2, 0.25) is 0 Å². The number of rotatable bonds is 5. The van der Waals surface area contributed by atoms with E-state index >= 15 is 0 Å². The molecule has 1 N–H and O–H groups in total. The normalized spacial score (nSPS) is 17.4. The van der Waals surface area contributed by atoms with Crippen molar-refractivity contribution in [1.82, 2.24) is 4.31 Å². The first-order valence-electron chi connectivity index (χ1n) is 9.48. The number of nitrogens with zero attached hydrogens (tertiary/aromatic N) is 1. The van der Waals surface area contributed by atoms with Gasteiger partial charge in [-0.05, 0) is 61.7 Å². The second kappa shape index (κ2) is 9.28. The van der Waals surface area contributed by atoms with Gasteiger partial charge in [-0.1, -0.05) is 22.0 Å². The second-order valence-electron chi connectivity index (χ2n) is 7.12. The molecule has 0 saturated carbocycles. The molecule has 1 aliphatic heterocycles. The summed E-state index contributed by atoms with van der Waals surface area (Å²) >= 11 is 3.30. The molecule has 9 heteroatoms. The lowest BCUT2D eigenvalue weighted by molar-refractivity contribution is -0.120. The van der Waals surface area contributed by atoms with Crippen LogP contribution in [0.3, 0.4) is 0 Å². The zero-order valence-electron chi connectivity index (χ0n) is 16.7. The Morgan fingerprint density at radius 1 is 1.17 bits per heavy atom. The van der Waals surface area contributed by atoms with Crippen LogP contribution in [0, 0.1) is 12.8 Å². The maximum atomic E-state index is 13.0. The summed E-state index contributed by atoms with van der Waals surface area (Å²) in [5, 5.41) is 2.84. The van der Waals surface area contributed by atoms with Crippen LogP contribution in [0.4, 0.5) is 5.69 Å². The number of amides is 1. The van der Waals surface area contributed by atoms with Crippen molar-refractivity contribution in [3.63, 3.8) is 0 Å². The molecule has 3 rings (SSSR count). The molecule has 7 nitrogen and oxygen atoms in total. The Hall–Kier alpha value is -2.23. The van der Waals surface area contributed by atoms with Crippen LogP contribution in [-0.2, 0) is 19.6 Å². The van der Waals surface area contributed by atoms with Crippen molar-refractivity contribution in [2.24, 2.45) is 5.92 Å². The van der Waals surface area contributed by atoms with E-state index in [1.807, 2.05) is 0 Å². The number of ether oxygens (including phenoxy) is 1. The fourth-order valence-corrected chi connectivity index (χ4v) is 5.26. The summed E-state index contributed by atoms with van der Waals surface area (Å²) in [6.45, 7) is 2.21. The lowest BCUT2D eigenvalue weighted by Crippen LogP contribution is -2.43. The third-order valence-electron chi connectivity index (χ3n) is 5.20. The second-order valence-corrected chi connectivity index (χ2v) is 9.97. The van der Waals surface area contributed by atoms with Crippen LogP contribution in [0.15, 0.2) is 51.8 Å². The molecular formula is C21H23BrN2O5S. The van der Waals surface area contributed by atoms with Crippen molar-refractivity contribution >= 4 is 43.5 Å². The predicted octanol–water partition coefficient (Wildman–Crippen LogP) is 3.58. The molecular weight excluding hydrogens is 472 g/mol. The molecule has 1 saturated heterocycles. The maximum absolute atomic E-state index is 13.0. The van der Waals surface area contributed by atoms with Gasteiger partial charge in [-0.15, -0.1) is 0 Å². The molecule has 2 aromatic rings. The minimum Gasteiger partial charge on any atom is -0.465 e. The van der Waals surface area contributed by atoms with Gasteiger partial charge >= 0.3 is 5.97 Å². The number of methoxy groups -OCH3 is 1. The molecule has 0 spiro atoms. The molecule has 2 aromatic carbocycles. The van der Waals surface area contributed by atoms with Gasteiger partial charge < -0.3 is 10.1 Å². The fraction of sp³-hybridized carbons (Fsp3) is 0.333. The summed E-state index contributed by atoms with van der Waals surface area (Å²) in [7, 11) is -2.38. The Balaban J connectivity index is 1.75. The van der Waals surface area contributed by atoms with E-state index < -0.39 is 21.9 Å². The Labute approximate surface area is 184 Å². The molecule has 1 fully saturated rings. The van der Waals surface area contributed by atoms with Gasteiger partial charge in [-0.3, -0.25) is 4.79 Å². The molecule has 1 atom stereocenters. The van der Waals surface area contributed by atoms with Crippen molar-refractivity contribution in [2.75, 3.05) is 25.5 Å². The van der Waals surface area contributed by atoms with E-state index in [0.717, 1.165) is 4.47 Å². The lowest BCUT2D eigenvalue weighted by Gasteiger charge is -2.31. The number of halogens is 1. The molecule has 1 amide bonds. The van der Waals surface area contributed by atoms with Gasteiger partial charge in [0.2, 0.25) is 15.9 Å². The van der Waals surface area contributed by atoms with Crippen molar-refractivity contribution < 1.29 is 22.7 Å². The number of hydrogen-bond acceptors (Lipinski definition) is 5. The van der Waals surface area contributed by atoms with Gasteiger partial charge in [-0.25, -0.2) is 13.2 Å². The van der Waals surface area contributed by atoms with E-state index in [0.29, 0.717) is 36.2 Å². The highest BCUT2D eigenvalue weighted by molar-refractivity contribution is 9.10. The quantitative estimate of drug-likeness (QED) is 0.641. The minimum atomic E-state index is -3.68. The number of esters is 1. The topological polar surface area (TPSA) is 92.8 Å². The number of piperidine rings is 1. The first kappa shape index (κ1) is 22.5. The Kier molecular flexibility index (Phi) is 6.95. The number of carbonyl (C=O) groups excluding carboxylic acids is 2. The summed E-state index contributed by atoms with van der Waals surface area (Å²) in [6, 6.07) is 11.5. The number of hydrogen-bond donors (Lipinski definition) is 1. The monoisotopic (exact) mass is 494 g/mol. The van der Waals surface area contributed by atoms with E-state index in [1.54, 1.807) is 49.4 Å². The van der Waals surface area contributed by atoms with Crippen molar-refractivity contribution in [3.8, 4) is 0 Å². The number of benzene rings is 2. The van der Waals surface area contributed by atoms with Crippen molar-refractivity contribution in [1.29, 1.82) is 0 Å². The Morgan fingerprint density at radius 2 is 1.87 bits per heavy atom. The smallest absolute Gasteiger partial charge is 0.338 e. The molecule has 0 aromatic heterocycles. The van der Waals surface area contributed by atoms with Gasteiger partial charge in [-0.2, -0.15) is 4.31 Å². The number of sulfonamides is 1. The highest BCUT2D eigenvalue weighted by atomic mass is 79.9. The van der Waals surface area contributed by atoms with Gasteiger partial charge in [0, 0.05) is 23.2 Å². The van der Waals surface area contributed by atoms with Crippen LogP contribution < -0.4 is 5.32 Å². The summed E-state index contributed by atoms with van der Waals surface area (Å²) in [4.78, 5) is 24.9. The Bertz CT molecular complexity index is 1050. The molecule has 0 aliphatic carbocycles. The largest absolute Gasteiger partial charge is 0.465 e. The molecule has 1 unspecified atom stereocenters. The van der Waals surface area contributed by atoms with Crippen LogP contribution in [0.1, 0.15) is 28.8 Å². The van der Waals surface area contributed by atoms with Crippen LogP contribution in [0.25, 0.3) is 0 Å². The maximum Gasteiger partial charge on any atom is 0.338 e. The average molecular weight is 495 g/mol. The van der Waals surface area contributed by atoms with E-state index in [4.69, 9.17) is 4.74 Å². The van der Waals surface area contributed by atoms with Crippen molar-refractivity contribution in [3.05, 3.63) is 58.1 Å². The fourth-order valence-electron chi connectivity index (χ4n) is 3.47. The summed E-state index contributed by atoms with van der Waals surface area (Å²) < 4.78 is 32.8. The first-order valence-corrected chi connectivity index (χ1v) is 11.7. The molecule has 0 radical (unpaired) electrons. The highest BCUT2D eigenvalue weighted by Gasteiger charge is 2.33. The zero-order chi connectivity index (χ0) is 21.9. The van der Waals surface area contributed by atoms with E-state index in [9.17, 15) is 18.0 Å². The summed E-state index contributed by atoms with van der Waals surface area (Å²) in [6.07, 6.45) is 1.18.